The maximum absolute atomic E-state index is 12.8. The van der Waals surface area contributed by atoms with E-state index in [9.17, 15) is 20.0 Å². The highest BCUT2D eigenvalue weighted by molar-refractivity contribution is 6.03. The molecule has 0 unspecified atom stereocenters. The Balaban J connectivity index is 1.79. The first-order chi connectivity index (χ1) is 10.6. The number of hydrogen-bond acceptors (Lipinski definition) is 4. The number of carboxylic acid groups (broad SMARTS) is 1. The average Bonchev–Trinajstić information content (AvgIpc) is 3.15. The van der Waals surface area contributed by atoms with E-state index >= 15 is 0 Å². The minimum absolute atomic E-state index is 0.242. The number of benzene rings is 1. The first kappa shape index (κ1) is 13.0. The van der Waals surface area contributed by atoms with E-state index in [-0.39, 0.29) is 12.5 Å². The van der Waals surface area contributed by atoms with Gasteiger partial charge in [-0.1, -0.05) is 24.3 Å². The topological polar surface area (TPSA) is 90.6 Å². The Labute approximate surface area is 126 Å². The number of fused-ring (bicyclic) bond motifs is 1. The van der Waals surface area contributed by atoms with Crippen LogP contribution in [0.25, 0.3) is 0 Å². The molecule has 4 atom stereocenters. The van der Waals surface area contributed by atoms with E-state index in [0.717, 1.165) is 0 Å². The molecule has 2 fully saturated rings. The Morgan fingerprint density at radius 2 is 2.23 bits per heavy atom. The SMILES string of the molecule is N#Cc1ccccc1N1C[C@@]23C=C[C@@H](O2)[C@@H](C(=O)O)[C@H]3C1=O. The second-order valence-corrected chi connectivity index (χ2v) is 5.79. The molecule has 1 spiro atoms. The predicted molar refractivity (Wildman–Crippen MR) is 74.9 cm³/mol. The predicted octanol–water partition coefficient (Wildman–Crippen LogP) is 0.929. The summed E-state index contributed by atoms with van der Waals surface area (Å²) < 4.78 is 5.82. The van der Waals surface area contributed by atoms with E-state index in [1.165, 1.54) is 4.90 Å². The number of rotatable bonds is 2. The number of carboxylic acids is 1. The van der Waals surface area contributed by atoms with Crippen LogP contribution < -0.4 is 4.90 Å². The van der Waals surface area contributed by atoms with Crippen LogP contribution in [0.3, 0.4) is 0 Å². The molecule has 6 heteroatoms. The van der Waals surface area contributed by atoms with Crippen molar-refractivity contribution in [1.29, 1.82) is 5.26 Å². The highest BCUT2D eigenvalue weighted by Gasteiger charge is 2.67. The van der Waals surface area contributed by atoms with Gasteiger partial charge < -0.3 is 14.7 Å². The lowest BCUT2D eigenvalue weighted by molar-refractivity contribution is -0.146. The second-order valence-electron chi connectivity index (χ2n) is 5.79. The Kier molecular flexibility index (Phi) is 2.48. The van der Waals surface area contributed by atoms with Gasteiger partial charge in [0.2, 0.25) is 5.91 Å². The molecule has 4 rings (SSSR count). The van der Waals surface area contributed by atoms with Crippen LogP contribution in [0.15, 0.2) is 36.4 Å². The van der Waals surface area contributed by atoms with Crippen LogP contribution in [-0.2, 0) is 14.3 Å². The minimum Gasteiger partial charge on any atom is -0.481 e. The zero-order valence-corrected chi connectivity index (χ0v) is 11.5. The van der Waals surface area contributed by atoms with E-state index in [0.29, 0.717) is 11.3 Å². The number of carbonyl (C=O) groups is 2. The fourth-order valence-corrected chi connectivity index (χ4v) is 3.79. The highest BCUT2D eigenvalue weighted by Crippen LogP contribution is 2.52. The third-order valence-corrected chi connectivity index (χ3v) is 4.70. The summed E-state index contributed by atoms with van der Waals surface area (Å²) in [6, 6.07) is 8.87. The molecule has 1 N–H and O–H groups in total. The summed E-state index contributed by atoms with van der Waals surface area (Å²) in [7, 11) is 0. The molecular formula is C16H12N2O4. The summed E-state index contributed by atoms with van der Waals surface area (Å²) >= 11 is 0. The molecule has 0 aromatic heterocycles. The standard InChI is InChI=1S/C16H12N2O4/c17-7-9-3-1-2-4-10(9)18-8-16-6-5-11(22-16)12(15(20)21)13(16)14(18)19/h1-6,11-13H,8H2,(H,20,21)/t11-,12-,13+,16-/m1/s1. The lowest BCUT2D eigenvalue weighted by Crippen LogP contribution is -2.39. The van der Waals surface area contributed by atoms with Crippen LogP contribution in [0.1, 0.15) is 5.56 Å². The normalized spacial score (nSPS) is 34.8. The molecule has 6 nitrogen and oxygen atoms in total. The van der Waals surface area contributed by atoms with Crippen molar-refractivity contribution in [2.75, 3.05) is 11.4 Å². The van der Waals surface area contributed by atoms with Crippen molar-refractivity contribution in [2.45, 2.75) is 11.7 Å². The molecule has 1 aromatic carbocycles. The number of para-hydroxylation sites is 1. The quantitative estimate of drug-likeness (QED) is 0.820. The molecule has 2 bridgehead atoms. The van der Waals surface area contributed by atoms with Gasteiger partial charge in [0.15, 0.2) is 0 Å². The van der Waals surface area contributed by atoms with Crippen molar-refractivity contribution in [3.63, 3.8) is 0 Å². The molecule has 1 aromatic rings. The third-order valence-electron chi connectivity index (χ3n) is 4.70. The average molecular weight is 296 g/mol. The van der Waals surface area contributed by atoms with Crippen LogP contribution in [0.2, 0.25) is 0 Å². The van der Waals surface area contributed by atoms with Crippen molar-refractivity contribution >= 4 is 17.6 Å². The Bertz CT molecular complexity index is 766. The molecule has 0 saturated carbocycles. The van der Waals surface area contributed by atoms with E-state index < -0.39 is 29.5 Å². The largest absolute Gasteiger partial charge is 0.481 e. The Hall–Kier alpha value is -2.65. The van der Waals surface area contributed by atoms with Gasteiger partial charge in [0, 0.05) is 0 Å². The number of nitriles is 1. The van der Waals surface area contributed by atoms with Crippen molar-refractivity contribution in [3.05, 3.63) is 42.0 Å². The van der Waals surface area contributed by atoms with Crippen LogP contribution >= 0.6 is 0 Å². The van der Waals surface area contributed by atoms with Gasteiger partial charge >= 0.3 is 5.97 Å². The molecule has 3 aliphatic heterocycles. The van der Waals surface area contributed by atoms with Gasteiger partial charge in [-0.25, -0.2) is 0 Å². The summed E-state index contributed by atoms with van der Waals surface area (Å²) in [5, 5.41) is 18.6. The minimum atomic E-state index is -1.02. The summed E-state index contributed by atoms with van der Waals surface area (Å²) in [6.07, 6.45) is 2.98. The van der Waals surface area contributed by atoms with E-state index in [1.54, 1.807) is 36.4 Å². The molecule has 3 heterocycles. The van der Waals surface area contributed by atoms with Gasteiger partial charge in [0.1, 0.15) is 17.6 Å². The van der Waals surface area contributed by atoms with Gasteiger partial charge in [-0.05, 0) is 12.1 Å². The number of aliphatic carboxylic acids is 1. The zero-order valence-electron chi connectivity index (χ0n) is 11.5. The smallest absolute Gasteiger partial charge is 0.310 e. The highest BCUT2D eigenvalue weighted by atomic mass is 16.5. The van der Waals surface area contributed by atoms with Crippen molar-refractivity contribution in [1.82, 2.24) is 0 Å². The molecule has 1 amide bonds. The van der Waals surface area contributed by atoms with Crippen molar-refractivity contribution < 1.29 is 19.4 Å². The summed E-state index contributed by atoms with van der Waals surface area (Å²) in [4.78, 5) is 25.8. The number of carbonyl (C=O) groups excluding carboxylic acids is 1. The summed E-state index contributed by atoms with van der Waals surface area (Å²) in [6.45, 7) is 0.242. The monoisotopic (exact) mass is 296 g/mol. The maximum atomic E-state index is 12.8. The fourth-order valence-electron chi connectivity index (χ4n) is 3.79. The Morgan fingerprint density at radius 3 is 2.95 bits per heavy atom. The van der Waals surface area contributed by atoms with E-state index in [2.05, 4.69) is 6.07 Å². The number of amides is 1. The number of hydrogen-bond donors (Lipinski definition) is 1. The van der Waals surface area contributed by atoms with Gasteiger partial charge in [-0.15, -0.1) is 0 Å². The fraction of sp³-hybridized carbons (Fsp3) is 0.312. The number of nitrogens with zero attached hydrogens (tertiary/aromatic N) is 2. The maximum Gasteiger partial charge on any atom is 0.310 e. The lowest BCUT2D eigenvalue weighted by Gasteiger charge is -2.22. The molecular weight excluding hydrogens is 284 g/mol. The van der Waals surface area contributed by atoms with Gasteiger partial charge in [-0.2, -0.15) is 5.26 Å². The molecule has 22 heavy (non-hydrogen) atoms. The first-order valence-electron chi connectivity index (χ1n) is 6.98. The van der Waals surface area contributed by atoms with Crippen LogP contribution in [0.5, 0.6) is 0 Å². The number of anilines is 1. The van der Waals surface area contributed by atoms with Crippen molar-refractivity contribution in [3.8, 4) is 6.07 Å². The van der Waals surface area contributed by atoms with Gasteiger partial charge in [-0.3, -0.25) is 9.59 Å². The second kappa shape index (κ2) is 4.18. The van der Waals surface area contributed by atoms with Gasteiger partial charge in [0.05, 0.1) is 29.8 Å². The van der Waals surface area contributed by atoms with Crippen LogP contribution in [-0.4, -0.2) is 35.2 Å². The van der Waals surface area contributed by atoms with Gasteiger partial charge in [0.25, 0.3) is 0 Å². The molecule has 0 radical (unpaired) electrons. The number of ether oxygens (including phenoxy) is 1. The molecule has 3 aliphatic rings. The van der Waals surface area contributed by atoms with E-state index in [1.807, 2.05) is 0 Å². The summed E-state index contributed by atoms with van der Waals surface area (Å²) in [5.41, 5.74) is 0.00823. The lowest BCUT2D eigenvalue weighted by atomic mass is 9.77. The molecule has 2 saturated heterocycles. The van der Waals surface area contributed by atoms with Crippen molar-refractivity contribution in [2.24, 2.45) is 11.8 Å². The molecule has 110 valence electrons. The molecule has 0 aliphatic carbocycles. The zero-order chi connectivity index (χ0) is 15.5. The van der Waals surface area contributed by atoms with Crippen LogP contribution in [0, 0.1) is 23.2 Å². The van der Waals surface area contributed by atoms with E-state index in [4.69, 9.17) is 4.74 Å². The first-order valence-corrected chi connectivity index (χ1v) is 6.98. The summed E-state index contributed by atoms with van der Waals surface area (Å²) in [5.74, 6) is -2.91. The Morgan fingerprint density at radius 1 is 1.45 bits per heavy atom. The van der Waals surface area contributed by atoms with Crippen LogP contribution in [0.4, 0.5) is 5.69 Å². The third kappa shape index (κ3) is 1.46.